The van der Waals surface area contributed by atoms with Gasteiger partial charge in [-0.25, -0.2) is 4.79 Å². The van der Waals surface area contributed by atoms with Crippen LogP contribution in [0.2, 0.25) is 0 Å². The number of aromatic amines is 1. The van der Waals surface area contributed by atoms with Crippen LogP contribution in [0, 0.1) is 0 Å². The molecule has 0 fully saturated rings. The number of nitrogens with zero attached hydrogens (tertiary/aromatic N) is 2. The van der Waals surface area contributed by atoms with E-state index < -0.39 is 11.2 Å². The van der Waals surface area contributed by atoms with Crippen molar-refractivity contribution in [1.82, 2.24) is 9.55 Å². The summed E-state index contributed by atoms with van der Waals surface area (Å²) >= 11 is 0. The molecule has 0 atom stereocenters. The van der Waals surface area contributed by atoms with E-state index in [1.807, 2.05) is 30.3 Å². The molecular formula is C20H18N4O3. The van der Waals surface area contributed by atoms with Crippen LogP contribution in [0.3, 0.4) is 0 Å². The van der Waals surface area contributed by atoms with Gasteiger partial charge in [0.25, 0.3) is 5.56 Å². The molecular weight excluding hydrogens is 344 g/mol. The average molecular weight is 362 g/mol. The highest BCUT2D eigenvalue weighted by molar-refractivity contribution is 5.90. The largest absolute Gasteiger partial charge is 0.341 e. The molecule has 0 unspecified atom stereocenters. The lowest BCUT2D eigenvalue weighted by Gasteiger charge is -2.20. The van der Waals surface area contributed by atoms with Crippen molar-refractivity contribution in [2.75, 3.05) is 16.8 Å². The molecule has 1 aliphatic rings. The molecule has 2 N–H and O–H groups in total. The number of aromatic nitrogens is 2. The number of hydrogen-bond donors (Lipinski definition) is 2. The molecule has 0 saturated carbocycles. The molecule has 1 aromatic heterocycles. The van der Waals surface area contributed by atoms with E-state index in [-0.39, 0.29) is 12.5 Å². The van der Waals surface area contributed by atoms with Gasteiger partial charge in [0.15, 0.2) is 0 Å². The number of carbonyl (C=O) groups is 1. The van der Waals surface area contributed by atoms with Crippen LogP contribution in [0.1, 0.15) is 5.56 Å². The van der Waals surface area contributed by atoms with Crippen LogP contribution in [0.5, 0.6) is 0 Å². The first-order valence-electron chi connectivity index (χ1n) is 8.65. The van der Waals surface area contributed by atoms with E-state index in [0.29, 0.717) is 5.69 Å². The molecule has 7 heteroatoms. The maximum absolute atomic E-state index is 12.2. The average Bonchev–Trinajstić information content (AvgIpc) is 3.09. The van der Waals surface area contributed by atoms with Crippen LogP contribution in [0.4, 0.5) is 17.1 Å². The van der Waals surface area contributed by atoms with E-state index in [0.717, 1.165) is 23.2 Å². The van der Waals surface area contributed by atoms with Crippen LogP contribution in [-0.2, 0) is 17.8 Å². The lowest BCUT2D eigenvalue weighted by Crippen LogP contribution is -2.32. The van der Waals surface area contributed by atoms with Crippen molar-refractivity contribution in [1.29, 1.82) is 0 Å². The van der Waals surface area contributed by atoms with Gasteiger partial charge in [-0.2, -0.15) is 0 Å². The van der Waals surface area contributed by atoms with Crippen molar-refractivity contribution in [3.8, 4) is 0 Å². The van der Waals surface area contributed by atoms with Crippen LogP contribution in [0.25, 0.3) is 0 Å². The predicted octanol–water partition coefficient (Wildman–Crippen LogP) is 1.87. The zero-order chi connectivity index (χ0) is 18.8. The van der Waals surface area contributed by atoms with Gasteiger partial charge in [-0.3, -0.25) is 19.1 Å². The minimum atomic E-state index is -0.610. The molecule has 4 rings (SSSR count). The molecule has 0 aliphatic carbocycles. The molecule has 1 amide bonds. The van der Waals surface area contributed by atoms with Crippen molar-refractivity contribution >= 4 is 23.0 Å². The van der Waals surface area contributed by atoms with E-state index in [2.05, 4.69) is 33.4 Å². The number of benzene rings is 2. The first-order chi connectivity index (χ1) is 13.1. The van der Waals surface area contributed by atoms with Gasteiger partial charge in [0.1, 0.15) is 6.54 Å². The predicted molar refractivity (Wildman–Crippen MR) is 104 cm³/mol. The van der Waals surface area contributed by atoms with Crippen LogP contribution < -0.4 is 21.5 Å². The Morgan fingerprint density at radius 2 is 1.81 bits per heavy atom. The number of hydrogen-bond acceptors (Lipinski definition) is 4. The molecule has 0 spiro atoms. The van der Waals surface area contributed by atoms with E-state index in [9.17, 15) is 14.4 Å². The topological polar surface area (TPSA) is 87.2 Å². The lowest BCUT2D eigenvalue weighted by atomic mass is 10.2. The number of nitrogens with one attached hydrogen (secondary N) is 2. The number of anilines is 3. The molecule has 0 bridgehead atoms. The van der Waals surface area contributed by atoms with Gasteiger partial charge in [0.05, 0.1) is 0 Å². The van der Waals surface area contributed by atoms with Gasteiger partial charge < -0.3 is 10.2 Å². The fourth-order valence-electron chi connectivity index (χ4n) is 3.26. The Kier molecular flexibility index (Phi) is 4.33. The second kappa shape index (κ2) is 6.95. The van der Waals surface area contributed by atoms with Crippen LogP contribution in [-0.4, -0.2) is 22.0 Å². The van der Waals surface area contributed by atoms with Crippen molar-refractivity contribution in [2.24, 2.45) is 0 Å². The summed E-state index contributed by atoms with van der Waals surface area (Å²) in [5.74, 6) is -0.344. The Bertz CT molecular complexity index is 1100. The van der Waals surface area contributed by atoms with Crippen LogP contribution in [0.15, 0.2) is 70.4 Å². The zero-order valence-corrected chi connectivity index (χ0v) is 14.5. The molecule has 2 heterocycles. The third-order valence-electron chi connectivity index (χ3n) is 4.56. The number of carbonyl (C=O) groups excluding carboxylic acids is 1. The summed E-state index contributed by atoms with van der Waals surface area (Å²) in [4.78, 5) is 39.2. The van der Waals surface area contributed by atoms with E-state index in [1.165, 1.54) is 23.5 Å². The van der Waals surface area contributed by atoms with Gasteiger partial charge in [0.2, 0.25) is 5.91 Å². The summed E-state index contributed by atoms with van der Waals surface area (Å²) in [5.41, 5.74) is 3.16. The highest BCUT2D eigenvalue weighted by Crippen LogP contribution is 2.34. The van der Waals surface area contributed by atoms with E-state index >= 15 is 0 Å². The van der Waals surface area contributed by atoms with Crippen molar-refractivity contribution < 1.29 is 4.79 Å². The maximum Gasteiger partial charge on any atom is 0.328 e. The molecule has 7 nitrogen and oxygen atoms in total. The maximum atomic E-state index is 12.2. The van der Waals surface area contributed by atoms with Gasteiger partial charge in [-0.1, -0.05) is 18.2 Å². The van der Waals surface area contributed by atoms with Crippen molar-refractivity contribution in [3.05, 3.63) is 87.2 Å². The molecule has 1 aliphatic heterocycles. The highest BCUT2D eigenvalue weighted by Gasteiger charge is 2.19. The van der Waals surface area contributed by atoms with Gasteiger partial charge in [-0.05, 0) is 42.3 Å². The van der Waals surface area contributed by atoms with Gasteiger partial charge >= 0.3 is 5.69 Å². The Labute approximate surface area is 154 Å². The minimum Gasteiger partial charge on any atom is -0.341 e. The van der Waals surface area contributed by atoms with Gasteiger partial charge in [-0.15, -0.1) is 0 Å². The number of rotatable bonds is 4. The van der Waals surface area contributed by atoms with E-state index in [1.54, 1.807) is 0 Å². The van der Waals surface area contributed by atoms with Crippen LogP contribution >= 0.6 is 0 Å². The Morgan fingerprint density at radius 3 is 2.59 bits per heavy atom. The quantitative estimate of drug-likeness (QED) is 0.742. The molecule has 27 heavy (non-hydrogen) atoms. The lowest BCUT2D eigenvalue weighted by molar-refractivity contribution is -0.116. The minimum absolute atomic E-state index is 0.170. The van der Waals surface area contributed by atoms with Crippen molar-refractivity contribution in [3.63, 3.8) is 0 Å². The zero-order valence-electron chi connectivity index (χ0n) is 14.5. The molecule has 2 aromatic carbocycles. The SMILES string of the molecule is O=C(Cn1ccc(=O)[nH]c1=O)Nc1ccc(N2CCc3ccccc32)cc1. The second-order valence-electron chi connectivity index (χ2n) is 6.36. The summed E-state index contributed by atoms with van der Waals surface area (Å²) in [6, 6.07) is 17.1. The monoisotopic (exact) mass is 362 g/mol. The normalized spacial score (nSPS) is 12.7. The van der Waals surface area contributed by atoms with Gasteiger partial charge in [0, 0.05) is 35.9 Å². The second-order valence-corrected chi connectivity index (χ2v) is 6.36. The number of fused-ring (bicyclic) bond motifs is 1. The number of amides is 1. The fourth-order valence-corrected chi connectivity index (χ4v) is 3.26. The smallest absolute Gasteiger partial charge is 0.328 e. The Hall–Kier alpha value is -3.61. The summed E-state index contributed by atoms with van der Waals surface area (Å²) in [6.45, 7) is 0.761. The summed E-state index contributed by atoms with van der Waals surface area (Å²) < 4.78 is 1.15. The molecule has 0 saturated heterocycles. The fraction of sp³-hybridized carbons (Fsp3) is 0.150. The Morgan fingerprint density at radius 1 is 1.04 bits per heavy atom. The standard InChI is InChI=1S/C20H18N4O3/c25-18-10-11-23(20(27)22-18)13-19(26)21-15-5-7-16(8-6-15)24-12-9-14-3-1-2-4-17(14)24/h1-8,10-11H,9,12-13H2,(H,21,26)(H,22,25,27). The first-order valence-corrected chi connectivity index (χ1v) is 8.65. The number of para-hydroxylation sites is 1. The Balaban J connectivity index is 1.44. The summed E-state index contributed by atoms with van der Waals surface area (Å²) in [6.07, 6.45) is 2.32. The van der Waals surface area contributed by atoms with E-state index in [4.69, 9.17) is 0 Å². The third-order valence-corrected chi connectivity index (χ3v) is 4.56. The number of H-pyrrole nitrogens is 1. The molecule has 0 radical (unpaired) electrons. The molecule has 3 aromatic rings. The van der Waals surface area contributed by atoms with Crippen molar-refractivity contribution in [2.45, 2.75) is 13.0 Å². The third kappa shape index (κ3) is 3.52. The molecule has 136 valence electrons. The summed E-state index contributed by atoms with van der Waals surface area (Å²) in [5, 5.41) is 2.76. The highest BCUT2D eigenvalue weighted by atomic mass is 16.2. The summed E-state index contributed by atoms with van der Waals surface area (Å²) in [7, 11) is 0. The first kappa shape index (κ1) is 16.8.